The summed E-state index contributed by atoms with van der Waals surface area (Å²) in [6, 6.07) is 13.8. The molecule has 1 aliphatic heterocycles. The number of hydrogen-bond donors (Lipinski definition) is 2. The van der Waals surface area contributed by atoms with Gasteiger partial charge in [0, 0.05) is 37.3 Å². The van der Waals surface area contributed by atoms with E-state index in [9.17, 15) is 14.7 Å². The summed E-state index contributed by atoms with van der Waals surface area (Å²) in [5, 5.41) is 9.20. The van der Waals surface area contributed by atoms with E-state index in [1.54, 1.807) is 4.90 Å². The summed E-state index contributed by atoms with van der Waals surface area (Å²) in [6.07, 6.45) is 7.38. The third-order valence-corrected chi connectivity index (χ3v) is 6.98. The van der Waals surface area contributed by atoms with Gasteiger partial charge in [-0.1, -0.05) is 49.7 Å². The first-order valence-electron chi connectivity index (χ1n) is 13.3. The van der Waals surface area contributed by atoms with Crippen LogP contribution in [0.5, 0.6) is 0 Å². The van der Waals surface area contributed by atoms with Crippen LogP contribution in [-0.4, -0.2) is 54.0 Å². The molecule has 7 heteroatoms. The van der Waals surface area contributed by atoms with Crippen molar-refractivity contribution in [3.05, 3.63) is 59.2 Å². The Bertz CT molecular complexity index is 1170. The number of nitrogens with zero attached hydrogens (tertiary/aromatic N) is 2. The standard InChI is InChI=1S/C30H37N3O4/c1-2-13-33(14-4-15-34)30(36)26-17-25-12-11-24(18-27(25)32-28(31)19-26)23-9-7-21(8-10-23)16-29(35)37-20-22-5-3-6-22/h7-12,17-18,22,34H,2-6,13-16,19-20H2,1H3,(H2,31,32). The number of fused-ring (bicyclic) bond motifs is 1. The van der Waals surface area contributed by atoms with E-state index in [2.05, 4.69) is 4.99 Å². The Morgan fingerprint density at radius 1 is 1.11 bits per heavy atom. The number of hydrogen-bond acceptors (Lipinski definition) is 6. The fraction of sp³-hybridized carbons (Fsp3) is 0.433. The summed E-state index contributed by atoms with van der Waals surface area (Å²) >= 11 is 0. The fourth-order valence-electron chi connectivity index (χ4n) is 4.66. The van der Waals surface area contributed by atoms with Crippen LogP contribution in [0.25, 0.3) is 17.2 Å². The Labute approximate surface area is 219 Å². The largest absolute Gasteiger partial charge is 0.465 e. The molecule has 37 heavy (non-hydrogen) atoms. The summed E-state index contributed by atoms with van der Waals surface area (Å²) in [6.45, 7) is 3.76. The zero-order valence-electron chi connectivity index (χ0n) is 21.6. The van der Waals surface area contributed by atoms with E-state index in [4.69, 9.17) is 10.5 Å². The lowest BCUT2D eigenvalue weighted by Crippen LogP contribution is -2.35. The maximum absolute atomic E-state index is 13.2. The topological polar surface area (TPSA) is 105 Å². The maximum atomic E-state index is 13.2. The normalized spacial score (nSPS) is 15.1. The van der Waals surface area contributed by atoms with E-state index in [1.165, 1.54) is 6.42 Å². The SMILES string of the molecule is CCCN(CCCO)C(=O)C1=Cc2ccc(-c3ccc(CC(=O)OCC4CCC4)cc3)cc2N=C(N)C1. The first-order chi connectivity index (χ1) is 18.0. The third kappa shape index (κ3) is 7.07. The lowest BCUT2D eigenvalue weighted by atomic mass is 9.86. The van der Waals surface area contributed by atoms with E-state index < -0.39 is 0 Å². The summed E-state index contributed by atoms with van der Waals surface area (Å²) in [5.41, 5.74) is 11.3. The van der Waals surface area contributed by atoms with Crippen LogP contribution in [0.2, 0.25) is 0 Å². The number of benzene rings is 2. The molecule has 0 radical (unpaired) electrons. The van der Waals surface area contributed by atoms with Crippen LogP contribution < -0.4 is 5.73 Å². The highest BCUT2D eigenvalue weighted by molar-refractivity contribution is 6.05. The molecule has 2 aliphatic rings. The second-order valence-corrected chi connectivity index (χ2v) is 9.95. The van der Waals surface area contributed by atoms with Gasteiger partial charge in [0.15, 0.2) is 0 Å². The minimum atomic E-state index is -0.180. The van der Waals surface area contributed by atoms with E-state index in [0.29, 0.717) is 43.4 Å². The number of amidine groups is 1. The van der Waals surface area contributed by atoms with E-state index >= 15 is 0 Å². The lowest BCUT2D eigenvalue weighted by Gasteiger charge is -2.24. The molecule has 0 saturated heterocycles. The Balaban J connectivity index is 1.47. The molecule has 0 atom stereocenters. The van der Waals surface area contributed by atoms with Crippen LogP contribution in [0.1, 0.15) is 56.6 Å². The van der Waals surface area contributed by atoms with Crippen LogP contribution in [0.15, 0.2) is 53.0 Å². The molecule has 0 spiro atoms. The van der Waals surface area contributed by atoms with Crippen molar-refractivity contribution in [2.45, 2.75) is 51.9 Å². The van der Waals surface area contributed by atoms with Crippen LogP contribution in [0.3, 0.4) is 0 Å². The molecule has 1 aliphatic carbocycles. The zero-order chi connectivity index (χ0) is 26.2. The van der Waals surface area contributed by atoms with Crippen molar-refractivity contribution in [3.8, 4) is 11.1 Å². The summed E-state index contributed by atoms with van der Waals surface area (Å²) in [7, 11) is 0. The van der Waals surface area contributed by atoms with Crippen LogP contribution in [-0.2, 0) is 20.7 Å². The Kier molecular flexibility index (Phi) is 9.12. The van der Waals surface area contributed by atoms with Gasteiger partial charge >= 0.3 is 5.97 Å². The molecule has 0 bridgehead atoms. The number of aliphatic imine (C=N–C) groups is 1. The second kappa shape index (κ2) is 12.7. The minimum absolute atomic E-state index is 0.0488. The number of rotatable bonds is 11. The average Bonchev–Trinajstić information content (AvgIpc) is 3.03. The van der Waals surface area contributed by atoms with Crippen molar-refractivity contribution in [1.29, 1.82) is 0 Å². The second-order valence-electron chi connectivity index (χ2n) is 9.95. The first kappa shape index (κ1) is 26.6. The van der Waals surface area contributed by atoms with Gasteiger partial charge in [-0.15, -0.1) is 0 Å². The molecule has 1 heterocycles. The molecule has 1 saturated carbocycles. The number of aliphatic hydroxyl groups is 1. The quantitative estimate of drug-likeness (QED) is 0.435. The van der Waals surface area contributed by atoms with Gasteiger partial charge < -0.3 is 20.5 Å². The minimum Gasteiger partial charge on any atom is -0.465 e. The number of ether oxygens (including phenoxy) is 1. The van der Waals surface area contributed by atoms with E-state index in [1.807, 2.05) is 55.5 Å². The van der Waals surface area contributed by atoms with E-state index in [-0.39, 0.29) is 31.3 Å². The average molecular weight is 504 g/mol. The van der Waals surface area contributed by atoms with E-state index in [0.717, 1.165) is 47.2 Å². The van der Waals surface area contributed by atoms with Crippen molar-refractivity contribution in [2.75, 3.05) is 26.3 Å². The monoisotopic (exact) mass is 503 g/mol. The number of aliphatic hydroxyl groups excluding tert-OH is 1. The molecule has 7 nitrogen and oxygen atoms in total. The maximum Gasteiger partial charge on any atom is 0.310 e. The van der Waals surface area contributed by atoms with Crippen molar-refractivity contribution in [3.63, 3.8) is 0 Å². The molecule has 2 aromatic carbocycles. The molecule has 2 aromatic rings. The zero-order valence-corrected chi connectivity index (χ0v) is 21.6. The number of carbonyl (C=O) groups excluding carboxylic acids is 2. The number of amides is 1. The fourth-order valence-corrected chi connectivity index (χ4v) is 4.66. The predicted molar refractivity (Wildman–Crippen MR) is 146 cm³/mol. The molecule has 1 fully saturated rings. The Morgan fingerprint density at radius 3 is 2.54 bits per heavy atom. The molecule has 1 amide bonds. The van der Waals surface area contributed by atoms with Gasteiger partial charge in [0.1, 0.15) is 5.84 Å². The van der Waals surface area contributed by atoms with Crippen molar-refractivity contribution in [2.24, 2.45) is 16.6 Å². The van der Waals surface area contributed by atoms with Gasteiger partial charge in [-0.25, -0.2) is 4.99 Å². The molecule has 196 valence electrons. The van der Waals surface area contributed by atoms with Crippen LogP contribution in [0.4, 0.5) is 5.69 Å². The lowest BCUT2D eigenvalue weighted by molar-refractivity contribution is -0.145. The molecule has 0 aromatic heterocycles. The third-order valence-electron chi connectivity index (χ3n) is 6.98. The smallest absolute Gasteiger partial charge is 0.310 e. The van der Waals surface area contributed by atoms with Crippen molar-refractivity contribution >= 4 is 29.5 Å². The Hall–Kier alpha value is -3.45. The van der Waals surface area contributed by atoms with Crippen molar-refractivity contribution < 1.29 is 19.4 Å². The van der Waals surface area contributed by atoms with Crippen molar-refractivity contribution in [1.82, 2.24) is 4.90 Å². The molecule has 4 rings (SSSR count). The molecular formula is C30H37N3O4. The highest BCUT2D eigenvalue weighted by Crippen LogP contribution is 2.32. The summed E-state index contributed by atoms with van der Waals surface area (Å²) in [4.78, 5) is 31.7. The van der Waals surface area contributed by atoms with Gasteiger partial charge in [-0.2, -0.15) is 0 Å². The van der Waals surface area contributed by atoms with Gasteiger partial charge in [0.2, 0.25) is 5.91 Å². The van der Waals surface area contributed by atoms with Gasteiger partial charge in [0.25, 0.3) is 0 Å². The summed E-state index contributed by atoms with van der Waals surface area (Å²) < 4.78 is 5.41. The van der Waals surface area contributed by atoms with Crippen LogP contribution in [0, 0.1) is 5.92 Å². The highest BCUT2D eigenvalue weighted by atomic mass is 16.5. The predicted octanol–water partition coefficient (Wildman–Crippen LogP) is 4.64. The molecule has 0 unspecified atom stereocenters. The molecule has 3 N–H and O–H groups in total. The van der Waals surface area contributed by atoms with Gasteiger partial charge in [-0.3, -0.25) is 9.59 Å². The molecular weight excluding hydrogens is 466 g/mol. The summed E-state index contributed by atoms with van der Waals surface area (Å²) in [5.74, 6) is 0.694. The van der Waals surface area contributed by atoms with Gasteiger partial charge in [0.05, 0.1) is 18.7 Å². The number of carbonyl (C=O) groups is 2. The Morgan fingerprint density at radius 2 is 1.86 bits per heavy atom. The number of esters is 1. The van der Waals surface area contributed by atoms with Gasteiger partial charge in [-0.05, 0) is 60.4 Å². The highest BCUT2D eigenvalue weighted by Gasteiger charge is 2.22. The number of nitrogens with two attached hydrogens (primary N) is 1. The first-order valence-corrected chi connectivity index (χ1v) is 13.3. The van der Waals surface area contributed by atoms with Crippen LogP contribution >= 0.6 is 0 Å².